The smallest absolute Gasteiger partial charge is 0.0619 e. The first-order chi connectivity index (χ1) is 31.5. The van der Waals surface area contributed by atoms with Crippen LogP contribution in [-0.4, -0.2) is 0 Å². The van der Waals surface area contributed by atoms with E-state index in [-0.39, 0.29) is 5.41 Å². The molecule has 0 bridgehead atoms. The topological polar surface area (TPSA) is 0 Å². The van der Waals surface area contributed by atoms with Crippen LogP contribution in [0.4, 0.5) is 0 Å². The van der Waals surface area contributed by atoms with Crippen LogP contribution in [0.3, 0.4) is 0 Å². The molecule has 298 valence electrons. The van der Waals surface area contributed by atoms with Gasteiger partial charge >= 0.3 is 0 Å². The molecule has 0 N–H and O–H groups in total. The van der Waals surface area contributed by atoms with Gasteiger partial charge in [-0.15, -0.1) is 0 Å². The average Bonchev–Trinajstić information content (AvgIpc) is 3.91. The van der Waals surface area contributed by atoms with Crippen molar-refractivity contribution in [3.63, 3.8) is 0 Å². The summed E-state index contributed by atoms with van der Waals surface area (Å²) in [5.74, 6) is 0. The minimum atomic E-state index is -0.424. The van der Waals surface area contributed by atoms with Gasteiger partial charge in [-0.1, -0.05) is 220 Å². The van der Waals surface area contributed by atoms with Crippen molar-refractivity contribution in [3.05, 3.63) is 252 Å². The lowest BCUT2D eigenvalue weighted by Crippen LogP contribution is -2.25. The van der Waals surface area contributed by atoms with Crippen LogP contribution in [0.15, 0.2) is 218 Å². The van der Waals surface area contributed by atoms with Crippen molar-refractivity contribution in [2.45, 2.75) is 24.7 Å². The third-order valence-corrected chi connectivity index (χ3v) is 15.3. The van der Waals surface area contributed by atoms with Gasteiger partial charge in [0.1, 0.15) is 0 Å². The average molecular weight is 811 g/mol. The Labute approximate surface area is 373 Å². The molecule has 0 nitrogen and oxygen atoms in total. The van der Waals surface area contributed by atoms with Crippen LogP contribution < -0.4 is 0 Å². The molecule has 0 heterocycles. The quantitative estimate of drug-likeness (QED) is 0.156. The van der Waals surface area contributed by atoms with Gasteiger partial charge < -0.3 is 0 Å². The molecule has 3 aliphatic rings. The molecule has 0 fully saturated rings. The summed E-state index contributed by atoms with van der Waals surface area (Å²) in [5, 5.41) is 7.59. The maximum Gasteiger partial charge on any atom is 0.0725 e. The molecule has 0 aliphatic heterocycles. The fourth-order valence-electron chi connectivity index (χ4n) is 12.6. The van der Waals surface area contributed by atoms with Crippen LogP contribution in [0.5, 0.6) is 0 Å². The Hall–Kier alpha value is -7.80. The lowest BCUT2D eigenvalue weighted by Gasteiger charge is -2.31. The Morgan fingerprint density at radius 1 is 0.250 bits per heavy atom. The van der Waals surface area contributed by atoms with Crippen molar-refractivity contribution >= 4 is 32.3 Å². The molecule has 0 atom stereocenters. The van der Waals surface area contributed by atoms with Crippen LogP contribution in [0.1, 0.15) is 47.2 Å². The van der Waals surface area contributed by atoms with Gasteiger partial charge in [-0.3, -0.25) is 0 Å². The molecule has 0 saturated heterocycles. The van der Waals surface area contributed by atoms with E-state index in [9.17, 15) is 0 Å². The third-order valence-electron chi connectivity index (χ3n) is 15.3. The molecule has 0 saturated carbocycles. The van der Waals surface area contributed by atoms with Gasteiger partial charge in [0.05, 0.1) is 5.41 Å². The van der Waals surface area contributed by atoms with Crippen molar-refractivity contribution in [1.29, 1.82) is 0 Å². The minimum absolute atomic E-state index is 0.114. The maximum absolute atomic E-state index is 2.56. The lowest BCUT2D eigenvalue weighted by atomic mass is 9.70. The number of hydrogen-bond donors (Lipinski definition) is 0. The predicted octanol–water partition coefficient (Wildman–Crippen LogP) is 16.8. The highest BCUT2D eigenvalue weighted by molar-refractivity contribution is 6.24. The van der Waals surface area contributed by atoms with Gasteiger partial charge in [0.15, 0.2) is 0 Å². The lowest BCUT2D eigenvalue weighted by molar-refractivity contribution is 0.660. The second-order valence-electron chi connectivity index (χ2n) is 18.6. The summed E-state index contributed by atoms with van der Waals surface area (Å²) in [6, 6.07) is 82.9. The largest absolute Gasteiger partial charge is 0.0725 e. The van der Waals surface area contributed by atoms with Crippen LogP contribution in [0.2, 0.25) is 0 Å². The van der Waals surface area contributed by atoms with Gasteiger partial charge in [-0.2, -0.15) is 0 Å². The van der Waals surface area contributed by atoms with Gasteiger partial charge in [0.25, 0.3) is 0 Å². The molecule has 0 radical (unpaired) electrons. The first-order valence-corrected chi connectivity index (χ1v) is 22.7. The van der Waals surface area contributed by atoms with Gasteiger partial charge in [-0.25, -0.2) is 0 Å². The summed E-state index contributed by atoms with van der Waals surface area (Å²) in [4.78, 5) is 0. The van der Waals surface area contributed by atoms with Gasteiger partial charge in [0, 0.05) is 5.41 Å². The summed E-state index contributed by atoms with van der Waals surface area (Å²) >= 11 is 0. The second-order valence-corrected chi connectivity index (χ2v) is 18.6. The molecule has 0 unspecified atom stereocenters. The van der Waals surface area contributed by atoms with E-state index in [0.29, 0.717) is 0 Å². The van der Waals surface area contributed by atoms with Crippen LogP contribution in [0.25, 0.3) is 99.1 Å². The molecule has 11 aromatic carbocycles. The molecule has 1 spiro atoms. The van der Waals surface area contributed by atoms with E-state index in [0.717, 1.165) is 0 Å². The summed E-state index contributed by atoms with van der Waals surface area (Å²) in [5.41, 5.74) is 23.3. The van der Waals surface area contributed by atoms with E-state index in [1.807, 2.05) is 0 Å². The highest BCUT2D eigenvalue weighted by Gasteiger charge is 2.51. The van der Waals surface area contributed by atoms with Crippen LogP contribution >= 0.6 is 0 Å². The fraction of sp³-hybridized carbons (Fsp3) is 0.0625. The van der Waals surface area contributed by atoms with E-state index in [1.54, 1.807) is 0 Å². The molecule has 14 rings (SSSR count). The summed E-state index contributed by atoms with van der Waals surface area (Å²) in [6.45, 7) is 4.78. The van der Waals surface area contributed by atoms with Crippen molar-refractivity contribution in [2.24, 2.45) is 0 Å². The van der Waals surface area contributed by atoms with E-state index in [1.165, 1.54) is 132 Å². The summed E-state index contributed by atoms with van der Waals surface area (Å²) < 4.78 is 0. The maximum atomic E-state index is 2.56. The predicted molar refractivity (Wildman–Crippen MR) is 269 cm³/mol. The molecule has 3 aliphatic carbocycles. The zero-order valence-corrected chi connectivity index (χ0v) is 35.8. The number of rotatable bonds is 3. The van der Waals surface area contributed by atoms with Crippen molar-refractivity contribution in [2.75, 3.05) is 0 Å². The third kappa shape index (κ3) is 4.52. The Balaban J connectivity index is 1.11. The van der Waals surface area contributed by atoms with E-state index < -0.39 is 5.41 Å². The van der Waals surface area contributed by atoms with Crippen molar-refractivity contribution in [1.82, 2.24) is 0 Å². The molecule has 0 amide bonds. The van der Waals surface area contributed by atoms with Gasteiger partial charge in [-0.05, 0) is 145 Å². The van der Waals surface area contributed by atoms with Crippen molar-refractivity contribution < 1.29 is 0 Å². The van der Waals surface area contributed by atoms with Crippen LogP contribution in [-0.2, 0) is 10.8 Å². The highest BCUT2D eigenvalue weighted by Crippen LogP contribution is 2.63. The number of benzene rings is 11. The highest BCUT2D eigenvalue weighted by atomic mass is 14.5. The van der Waals surface area contributed by atoms with E-state index in [2.05, 4.69) is 232 Å². The Morgan fingerprint density at radius 2 is 0.719 bits per heavy atom. The normalized spacial score (nSPS) is 14.3. The van der Waals surface area contributed by atoms with Crippen molar-refractivity contribution in [3.8, 4) is 66.8 Å². The zero-order chi connectivity index (χ0) is 42.3. The minimum Gasteiger partial charge on any atom is -0.0619 e. The standard InChI is InChI=1S/C64H42/c1-63(2)54-28-11-10-25-51(54)62-52(27-16-32-58(62)63)61-49-24-6-5-23-48(49)60(50-36-33-40(37-53(50)61)43-26-15-18-39-17-3-4-19-42(39)43)41-34-35-47-46-22-9-14-31-57(46)64(59(47)38-41)55-29-12-7-20-44(55)45-21-8-13-30-56(45)64/h3-38H,1-2H3. The fourth-order valence-corrected chi connectivity index (χ4v) is 12.6. The van der Waals surface area contributed by atoms with Crippen LogP contribution in [0, 0.1) is 0 Å². The summed E-state index contributed by atoms with van der Waals surface area (Å²) in [6.07, 6.45) is 0. The molecule has 0 aromatic heterocycles. The Bertz CT molecular complexity index is 3750. The molecule has 0 heteroatoms. The van der Waals surface area contributed by atoms with E-state index >= 15 is 0 Å². The number of hydrogen-bond acceptors (Lipinski definition) is 0. The molecular formula is C64H42. The molecular weight excluding hydrogens is 769 g/mol. The first kappa shape index (κ1) is 35.8. The second kappa shape index (κ2) is 12.9. The Kier molecular flexibility index (Phi) is 7.20. The zero-order valence-electron chi connectivity index (χ0n) is 35.8. The number of fused-ring (bicyclic) bond motifs is 16. The molecule has 11 aromatic rings. The Morgan fingerprint density at radius 3 is 1.42 bits per heavy atom. The monoisotopic (exact) mass is 810 g/mol. The first-order valence-electron chi connectivity index (χ1n) is 22.7. The van der Waals surface area contributed by atoms with Gasteiger partial charge in [0.2, 0.25) is 0 Å². The van der Waals surface area contributed by atoms with E-state index in [4.69, 9.17) is 0 Å². The SMILES string of the molecule is CC1(C)c2ccccc2-c2c(-c3c4ccccc4c(-c4ccc5c(c4)C4(c6ccccc6-c6ccccc64)c4ccccc4-5)c4ccc(-c5cccc6ccccc56)cc34)cccc21. The summed E-state index contributed by atoms with van der Waals surface area (Å²) in [7, 11) is 0. The molecule has 64 heavy (non-hydrogen) atoms.